The van der Waals surface area contributed by atoms with Crippen molar-refractivity contribution in [1.29, 1.82) is 0 Å². The van der Waals surface area contributed by atoms with Crippen molar-refractivity contribution in [2.75, 3.05) is 0 Å². The van der Waals surface area contributed by atoms with E-state index in [9.17, 15) is 0 Å². The number of oxime groups is 2. The summed E-state index contributed by atoms with van der Waals surface area (Å²) in [6.45, 7) is 0. The molecule has 0 rings (SSSR count). The molecule has 0 aliphatic carbocycles. The summed E-state index contributed by atoms with van der Waals surface area (Å²) in [6, 6.07) is 0. The Kier molecular flexibility index (Phi) is 13.0. The smallest absolute Gasteiger partial charge is 0.0435 e. The number of hydrogen-bond donors (Lipinski definition) is 2. The number of hydrogen-bond acceptors (Lipinski definition) is 4. The molecule has 4 heteroatoms. The van der Waals surface area contributed by atoms with Gasteiger partial charge in [-0.15, -0.1) is 10.3 Å². The predicted octanol–water partition coefficient (Wildman–Crippen LogP) is 3.81. The van der Waals surface area contributed by atoms with Crippen molar-refractivity contribution in [1.82, 2.24) is 0 Å². The summed E-state index contributed by atoms with van der Waals surface area (Å²) in [7, 11) is 0. The van der Waals surface area contributed by atoms with Crippen molar-refractivity contribution in [2.45, 2.75) is 64.2 Å². The van der Waals surface area contributed by atoms with Crippen LogP contribution in [0.4, 0.5) is 0 Å². The fourth-order valence-corrected chi connectivity index (χ4v) is 1.65. The highest BCUT2D eigenvalue weighted by molar-refractivity contribution is 5.56. The van der Waals surface area contributed by atoms with Gasteiger partial charge in [0.15, 0.2) is 0 Å². The molecule has 0 unspecified atom stereocenters. The van der Waals surface area contributed by atoms with Gasteiger partial charge in [-0.1, -0.05) is 38.5 Å². The second kappa shape index (κ2) is 13.9. The van der Waals surface area contributed by atoms with Gasteiger partial charge in [0.05, 0.1) is 0 Å². The van der Waals surface area contributed by atoms with E-state index in [2.05, 4.69) is 10.3 Å². The van der Waals surface area contributed by atoms with Gasteiger partial charge in [-0.3, -0.25) is 0 Å². The fraction of sp³-hybridized carbons (Fsp3) is 0.833. The zero-order chi connectivity index (χ0) is 11.9. The van der Waals surface area contributed by atoms with Gasteiger partial charge >= 0.3 is 0 Å². The molecule has 0 aromatic rings. The quantitative estimate of drug-likeness (QED) is 0.244. The molecule has 0 fully saturated rings. The molecule has 0 bridgehead atoms. The Morgan fingerprint density at radius 3 is 1.19 bits per heavy atom. The van der Waals surface area contributed by atoms with Crippen LogP contribution in [0, 0.1) is 0 Å². The molecule has 16 heavy (non-hydrogen) atoms. The van der Waals surface area contributed by atoms with Gasteiger partial charge in [0.2, 0.25) is 0 Å². The molecular weight excluding hydrogens is 204 g/mol. The minimum Gasteiger partial charge on any atom is -0.411 e. The molecule has 0 amide bonds. The van der Waals surface area contributed by atoms with E-state index in [1.807, 2.05) is 0 Å². The van der Waals surface area contributed by atoms with E-state index >= 15 is 0 Å². The summed E-state index contributed by atoms with van der Waals surface area (Å²) >= 11 is 0. The number of unbranched alkanes of at least 4 members (excludes halogenated alkanes) is 9. The lowest BCUT2D eigenvalue weighted by Gasteiger charge is -2.00. The molecule has 94 valence electrons. The second-order valence-electron chi connectivity index (χ2n) is 4.00. The standard InChI is InChI=1S/C12H24N2O2/c15-13-11-9-7-5-3-1-2-4-6-8-10-12-14-16/h11-12,15-16H,1-10H2/b13-11+,14-12+. The fourth-order valence-electron chi connectivity index (χ4n) is 1.65. The molecule has 0 spiro atoms. The Morgan fingerprint density at radius 2 is 0.875 bits per heavy atom. The van der Waals surface area contributed by atoms with Crippen LogP contribution in [0.15, 0.2) is 10.3 Å². The summed E-state index contributed by atoms with van der Waals surface area (Å²) < 4.78 is 0. The van der Waals surface area contributed by atoms with Crippen LogP contribution in [-0.2, 0) is 0 Å². The van der Waals surface area contributed by atoms with Crippen LogP contribution in [0.25, 0.3) is 0 Å². The normalized spacial score (nSPS) is 11.8. The lowest BCUT2D eigenvalue weighted by molar-refractivity contribution is 0.320. The van der Waals surface area contributed by atoms with Gasteiger partial charge in [0.1, 0.15) is 0 Å². The van der Waals surface area contributed by atoms with Crippen molar-refractivity contribution in [3.05, 3.63) is 0 Å². The summed E-state index contributed by atoms with van der Waals surface area (Å²) in [5, 5.41) is 22.3. The van der Waals surface area contributed by atoms with Gasteiger partial charge in [0, 0.05) is 12.4 Å². The first kappa shape index (κ1) is 14.9. The highest BCUT2D eigenvalue weighted by Gasteiger charge is 1.91. The summed E-state index contributed by atoms with van der Waals surface area (Å²) in [5.74, 6) is 0. The lowest BCUT2D eigenvalue weighted by Crippen LogP contribution is -1.83. The maximum atomic E-state index is 8.17. The van der Waals surface area contributed by atoms with Gasteiger partial charge in [-0.05, 0) is 25.7 Å². The third-order valence-electron chi connectivity index (χ3n) is 2.58. The summed E-state index contributed by atoms with van der Waals surface area (Å²) in [5.41, 5.74) is 0. The highest BCUT2D eigenvalue weighted by atomic mass is 16.4. The molecule has 0 saturated heterocycles. The molecular formula is C12H24N2O2. The van der Waals surface area contributed by atoms with E-state index < -0.39 is 0 Å². The van der Waals surface area contributed by atoms with Gasteiger partial charge < -0.3 is 10.4 Å². The van der Waals surface area contributed by atoms with Crippen LogP contribution in [0.5, 0.6) is 0 Å². The van der Waals surface area contributed by atoms with Crippen LogP contribution < -0.4 is 0 Å². The third-order valence-corrected chi connectivity index (χ3v) is 2.58. The molecule has 0 saturated carbocycles. The van der Waals surface area contributed by atoms with Gasteiger partial charge in [-0.2, -0.15) is 0 Å². The Labute approximate surface area is 98.0 Å². The third kappa shape index (κ3) is 12.9. The van der Waals surface area contributed by atoms with E-state index in [0.717, 1.165) is 25.7 Å². The minimum atomic E-state index is 0.886. The SMILES string of the molecule is O/N=C/CCCCCCCCCC/C=N/O. The maximum absolute atomic E-state index is 8.17. The van der Waals surface area contributed by atoms with E-state index in [1.165, 1.54) is 38.5 Å². The predicted molar refractivity (Wildman–Crippen MR) is 66.7 cm³/mol. The minimum absolute atomic E-state index is 0.886. The molecule has 0 heterocycles. The Balaban J connectivity index is 2.93. The highest BCUT2D eigenvalue weighted by Crippen LogP contribution is 2.09. The van der Waals surface area contributed by atoms with E-state index in [4.69, 9.17) is 10.4 Å². The largest absolute Gasteiger partial charge is 0.411 e. The first-order valence-electron chi connectivity index (χ1n) is 6.23. The molecule has 0 aromatic heterocycles. The molecule has 2 N–H and O–H groups in total. The molecule has 0 aromatic carbocycles. The van der Waals surface area contributed by atoms with Crippen molar-refractivity contribution in [3.8, 4) is 0 Å². The van der Waals surface area contributed by atoms with Crippen LogP contribution >= 0.6 is 0 Å². The van der Waals surface area contributed by atoms with E-state index in [0.29, 0.717) is 0 Å². The molecule has 0 atom stereocenters. The lowest BCUT2D eigenvalue weighted by atomic mass is 10.1. The van der Waals surface area contributed by atoms with Crippen molar-refractivity contribution in [2.24, 2.45) is 10.3 Å². The topological polar surface area (TPSA) is 65.2 Å². The molecule has 0 radical (unpaired) electrons. The van der Waals surface area contributed by atoms with Crippen molar-refractivity contribution < 1.29 is 10.4 Å². The number of nitrogens with zero attached hydrogens (tertiary/aromatic N) is 2. The van der Waals surface area contributed by atoms with Crippen LogP contribution in [0.3, 0.4) is 0 Å². The van der Waals surface area contributed by atoms with Gasteiger partial charge in [0.25, 0.3) is 0 Å². The van der Waals surface area contributed by atoms with E-state index in [-0.39, 0.29) is 0 Å². The average Bonchev–Trinajstić information content (AvgIpc) is 2.31. The first-order valence-corrected chi connectivity index (χ1v) is 6.23. The second-order valence-corrected chi connectivity index (χ2v) is 4.00. The molecule has 4 nitrogen and oxygen atoms in total. The average molecular weight is 228 g/mol. The first-order chi connectivity index (χ1) is 7.91. The Bertz CT molecular complexity index is 162. The molecule has 0 aliphatic rings. The van der Waals surface area contributed by atoms with Gasteiger partial charge in [-0.25, -0.2) is 0 Å². The maximum Gasteiger partial charge on any atom is 0.0435 e. The zero-order valence-corrected chi connectivity index (χ0v) is 10.0. The summed E-state index contributed by atoms with van der Waals surface area (Å²) in [6.07, 6.45) is 14.7. The van der Waals surface area contributed by atoms with E-state index in [1.54, 1.807) is 12.4 Å². The van der Waals surface area contributed by atoms with Crippen molar-refractivity contribution >= 4 is 12.4 Å². The van der Waals surface area contributed by atoms with Crippen LogP contribution in [-0.4, -0.2) is 22.8 Å². The molecule has 0 aliphatic heterocycles. The number of rotatable bonds is 11. The van der Waals surface area contributed by atoms with Crippen LogP contribution in [0.2, 0.25) is 0 Å². The monoisotopic (exact) mass is 228 g/mol. The van der Waals surface area contributed by atoms with Crippen molar-refractivity contribution in [3.63, 3.8) is 0 Å². The zero-order valence-electron chi connectivity index (χ0n) is 10.0. The Morgan fingerprint density at radius 1 is 0.562 bits per heavy atom. The van der Waals surface area contributed by atoms with Crippen LogP contribution in [0.1, 0.15) is 64.2 Å². The Hall–Kier alpha value is -1.06. The summed E-state index contributed by atoms with van der Waals surface area (Å²) in [4.78, 5) is 0.